The van der Waals surface area contributed by atoms with E-state index in [0.717, 1.165) is 11.3 Å². The third-order valence-corrected chi connectivity index (χ3v) is 6.04. The van der Waals surface area contributed by atoms with Crippen LogP contribution in [0.2, 0.25) is 0 Å². The number of benzene rings is 1. The molecule has 6 nitrogen and oxygen atoms in total. The standard InChI is InChI=1S/C19H18N4O2S/c1-14(2)26(24,25)18-8-4-15(5-9-18)19-12-20-10-16(22-19)6-7-17-11-21-13-23(17)3/h4-5,8-14H,1-3H3. The molecule has 132 valence electrons. The van der Waals surface area contributed by atoms with Gasteiger partial charge in [0.25, 0.3) is 0 Å². The van der Waals surface area contributed by atoms with Gasteiger partial charge in [-0.25, -0.2) is 18.4 Å². The molecule has 0 unspecified atom stereocenters. The third-order valence-electron chi connectivity index (χ3n) is 3.87. The van der Waals surface area contributed by atoms with Crippen molar-refractivity contribution in [1.82, 2.24) is 19.5 Å². The first kappa shape index (κ1) is 17.8. The highest BCUT2D eigenvalue weighted by atomic mass is 32.2. The van der Waals surface area contributed by atoms with E-state index in [2.05, 4.69) is 26.8 Å². The lowest BCUT2D eigenvalue weighted by atomic mass is 10.1. The van der Waals surface area contributed by atoms with Gasteiger partial charge >= 0.3 is 0 Å². The smallest absolute Gasteiger partial charge is 0.180 e. The van der Waals surface area contributed by atoms with Crippen molar-refractivity contribution in [1.29, 1.82) is 0 Å². The van der Waals surface area contributed by atoms with Crippen LogP contribution in [-0.2, 0) is 16.9 Å². The molecule has 0 atom stereocenters. The summed E-state index contributed by atoms with van der Waals surface area (Å²) in [5.41, 5.74) is 2.72. The van der Waals surface area contributed by atoms with Gasteiger partial charge in [0.05, 0.1) is 40.8 Å². The molecule has 7 heteroatoms. The van der Waals surface area contributed by atoms with Gasteiger partial charge in [-0.2, -0.15) is 0 Å². The number of hydrogen-bond donors (Lipinski definition) is 0. The maximum atomic E-state index is 12.2. The largest absolute Gasteiger partial charge is 0.327 e. The Balaban J connectivity index is 1.89. The first-order valence-corrected chi connectivity index (χ1v) is 9.57. The van der Waals surface area contributed by atoms with E-state index in [1.165, 1.54) is 0 Å². The van der Waals surface area contributed by atoms with E-state index < -0.39 is 15.1 Å². The second-order valence-electron chi connectivity index (χ2n) is 6.05. The molecule has 3 aromatic rings. The minimum Gasteiger partial charge on any atom is -0.327 e. The highest BCUT2D eigenvalue weighted by molar-refractivity contribution is 7.92. The van der Waals surface area contributed by atoms with Crippen LogP contribution >= 0.6 is 0 Å². The van der Waals surface area contributed by atoms with Crippen molar-refractivity contribution in [3.8, 4) is 23.1 Å². The molecular weight excluding hydrogens is 348 g/mol. The van der Waals surface area contributed by atoms with Gasteiger partial charge in [-0.15, -0.1) is 0 Å². The fourth-order valence-corrected chi connectivity index (χ4v) is 3.32. The van der Waals surface area contributed by atoms with Gasteiger partial charge in [0.1, 0.15) is 11.4 Å². The van der Waals surface area contributed by atoms with Crippen LogP contribution in [0.25, 0.3) is 11.3 Å². The highest BCUT2D eigenvalue weighted by Gasteiger charge is 2.18. The van der Waals surface area contributed by atoms with E-state index in [4.69, 9.17) is 0 Å². The molecule has 0 aliphatic heterocycles. The van der Waals surface area contributed by atoms with Crippen molar-refractivity contribution in [2.45, 2.75) is 24.0 Å². The van der Waals surface area contributed by atoms with Gasteiger partial charge in [0.2, 0.25) is 0 Å². The summed E-state index contributed by atoms with van der Waals surface area (Å²) in [4.78, 5) is 13.0. The Hall–Kier alpha value is -2.98. The summed E-state index contributed by atoms with van der Waals surface area (Å²) >= 11 is 0. The van der Waals surface area contributed by atoms with Crippen LogP contribution in [0.3, 0.4) is 0 Å². The number of sulfone groups is 1. The van der Waals surface area contributed by atoms with E-state index in [0.29, 0.717) is 16.3 Å². The SMILES string of the molecule is CC(C)S(=O)(=O)c1ccc(-c2cncc(C#Cc3cncn3C)n2)cc1. The molecule has 26 heavy (non-hydrogen) atoms. The summed E-state index contributed by atoms with van der Waals surface area (Å²) in [5.74, 6) is 5.97. The van der Waals surface area contributed by atoms with Crippen LogP contribution < -0.4 is 0 Å². The Labute approximate surface area is 152 Å². The topological polar surface area (TPSA) is 77.7 Å². The van der Waals surface area contributed by atoms with E-state index in [1.54, 1.807) is 63.0 Å². The molecule has 2 aromatic heterocycles. The Kier molecular flexibility index (Phi) is 4.87. The number of hydrogen-bond acceptors (Lipinski definition) is 5. The number of aryl methyl sites for hydroxylation is 1. The van der Waals surface area contributed by atoms with Crippen LogP contribution in [0, 0.1) is 11.8 Å². The zero-order chi connectivity index (χ0) is 18.7. The van der Waals surface area contributed by atoms with Gasteiger partial charge in [-0.1, -0.05) is 12.1 Å². The lowest BCUT2D eigenvalue weighted by Crippen LogP contribution is -2.13. The predicted molar refractivity (Wildman–Crippen MR) is 99.0 cm³/mol. The molecule has 0 spiro atoms. The van der Waals surface area contributed by atoms with Gasteiger partial charge < -0.3 is 4.57 Å². The Bertz CT molecular complexity index is 1090. The van der Waals surface area contributed by atoms with Crippen molar-refractivity contribution < 1.29 is 8.42 Å². The lowest BCUT2D eigenvalue weighted by molar-refractivity contribution is 0.587. The van der Waals surface area contributed by atoms with Crippen LogP contribution in [0.4, 0.5) is 0 Å². The van der Waals surface area contributed by atoms with Crippen molar-refractivity contribution >= 4 is 9.84 Å². The zero-order valence-electron chi connectivity index (χ0n) is 14.7. The van der Waals surface area contributed by atoms with Crippen molar-refractivity contribution in [2.24, 2.45) is 7.05 Å². The molecule has 0 fully saturated rings. The summed E-state index contributed by atoms with van der Waals surface area (Å²) in [6.45, 7) is 3.33. The normalized spacial score (nSPS) is 11.2. The Morgan fingerprint density at radius 3 is 2.35 bits per heavy atom. The number of rotatable bonds is 3. The summed E-state index contributed by atoms with van der Waals surface area (Å²) < 4.78 is 26.2. The summed E-state index contributed by atoms with van der Waals surface area (Å²) in [7, 11) is -1.42. The molecule has 0 radical (unpaired) electrons. The molecular formula is C19H18N4O2S. The van der Waals surface area contributed by atoms with E-state index in [1.807, 2.05) is 11.6 Å². The second kappa shape index (κ2) is 7.10. The van der Waals surface area contributed by atoms with Crippen molar-refractivity contribution in [2.75, 3.05) is 0 Å². The molecule has 0 amide bonds. The first-order valence-electron chi connectivity index (χ1n) is 8.02. The molecule has 0 bridgehead atoms. The zero-order valence-corrected chi connectivity index (χ0v) is 15.5. The first-order chi connectivity index (χ1) is 12.4. The predicted octanol–water partition coefficient (Wildman–Crippen LogP) is 2.46. The van der Waals surface area contributed by atoms with Crippen molar-refractivity contribution in [3.05, 3.63) is 60.6 Å². The van der Waals surface area contributed by atoms with Crippen LogP contribution in [-0.4, -0.2) is 33.2 Å². The van der Waals surface area contributed by atoms with E-state index >= 15 is 0 Å². The van der Waals surface area contributed by atoms with Gasteiger partial charge in [-0.05, 0) is 37.8 Å². The molecule has 0 saturated heterocycles. The fraction of sp³-hybridized carbons (Fsp3) is 0.211. The van der Waals surface area contributed by atoms with Gasteiger partial charge in [0, 0.05) is 12.6 Å². The minimum atomic E-state index is -3.29. The lowest BCUT2D eigenvalue weighted by Gasteiger charge is -2.08. The number of aromatic nitrogens is 4. The average Bonchev–Trinajstić information content (AvgIpc) is 3.05. The van der Waals surface area contributed by atoms with Crippen LogP contribution in [0.5, 0.6) is 0 Å². The summed E-state index contributed by atoms with van der Waals surface area (Å²) in [5, 5.41) is -0.459. The monoisotopic (exact) mass is 366 g/mol. The maximum Gasteiger partial charge on any atom is 0.180 e. The molecule has 1 aromatic carbocycles. The third kappa shape index (κ3) is 3.65. The highest BCUT2D eigenvalue weighted by Crippen LogP contribution is 2.21. The molecule has 0 N–H and O–H groups in total. The van der Waals surface area contributed by atoms with E-state index in [-0.39, 0.29) is 0 Å². The van der Waals surface area contributed by atoms with Crippen LogP contribution in [0.1, 0.15) is 25.2 Å². The molecule has 0 aliphatic carbocycles. The number of imidazole rings is 1. The average molecular weight is 366 g/mol. The Morgan fingerprint density at radius 1 is 1.00 bits per heavy atom. The molecule has 0 saturated carbocycles. The number of nitrogens with zero attached hydrogens (tertiary/aromatic N) is 4. The minimum absolute atomic E-state index is 0.302. The Morgan fingerprint density at radius 2 is 1.73 bits per heavy atom. The second-order valence-corrected chi connectivity index (χ2v) is 8.55. The van der Waals surface area contributed by atoms with E-state index in [9.17, 15) is 8.42 Å². The van der Waals surface area contributed by atoms with Crippen LogP contribution in [0.15, 0.2) is 54.1 Å². The van der Waals surface area contributed by atoms with Crippen molar-refractivity contribution in [3.63, 3.8) is 0 Å². The molecule has 2 heterocycles. The molecule has 0 aliphatic rings. The van der Waals surface area contributed by atoms with Gasteiger partial charge in [0.15, 0.2) is 9.84 Å². The summed E-state index contributed by atoms with van der Waals surface area (Å²) in [6, 6.07) is 6.66. The maximum absolute atomic E-state index is 12.2. The summed E-state index contributed by atoms with van der Waals surface area (Å²) in [6.07, 6.45) is 6.57. The molecule has 3 rings (SSSR count). The quantitative estimate of drug-likeness (QED) is 0.666. The fourth-order valence-electron chi connectivity index (χ4n) is 2.26. The van der Waals surface area contributed by atoms with Gasteiger partial charge in [-0.3, -0.25) is 4.98 Å².